The summed E-state index contributed by atoms with van der Waals surface area (Å²) in [6.45, 7) is 3.18. The van der Waals surface area contributed by atoms with Gasteiger partial charge in [0.2, 0.25) is 5.91 Å². The summed E-state index contributed by atoms with van der Waals surface area (Å²) in [6, 6.07) is 11.4. The number of amides is 1. The van der Waals surface area contributed by atoms with Crippen LogP contribution >= 0.6 is 0 Å². The number of carbonyl (C=O) groups is 1. The van der Waals surface area contributed by atoms with E-state index in [-0.39, 0.29) is 11.5 Å². The second-order valence-corrected chi connectivity index (χ2v) is 6.19. The van der Waals surface area contributed by atoms with Crippen molar-refractivity contribution in [2.45, 2.75) is 19.9 Å². The minimum absolute atomic E-state index is 0.0304. The summed E-state index contributed by atoms with van der Waals surface area (Å²) >= 11 is 0. The fraction of sp³-hybridized carbons (Fsp3) is 0.263. The van der Waals surface area contributed by atoms with Gasteiger partial charge in [-0.15, -0.1) is 0 Å². The molecule has 25 heavy (non-hydrogen) atoms. The lowest BCUT2D eigenvalue weighted by atomic mass is 10.1. The lowest BCUT2D eigenvalue weighted by molar-refractivity contribution is -0.128. The van der Waals surface area contributed by atoms with Gasteiger partial charge >= 0.3 is 0 Å². The molecular weight excluding hydrogens is 316 g/mol. The molecule has 1 amide bonds. The van der Waals surface area contributed by atoms with E-state index in [1.165, 1.54) is 0 Å². The molecule has 0 spiro atoms. The Morgan fingerprint density at radius 3 is 2.76 bits per heavy atom. The minimum atomic E-state index is -0.0435. The highest BCUT2D eigenvalue weighted by molar-refractivity contribution is 5.83. The summed E-state index contributed by atoms with van der Waals surface area (Å²) in [5.41, 5.74) is 2.42. The minimum Gasteiger partial charge on any atom is -0.341 e. The van der Waals surface area contributed by atoms with Crippen molar-refractivity contribution in [3.8, 4) is 11.3 Å². The molecule has 3 aromatic rings. The van der Waals surface area contributed by atoms with Crippen LogP contribution in [0.4, 0.5) is 0 Å². The standard InChI is InChI=1S/C19H18N4O2/c1-13(24)22-9-7-18-21-17-12-14(16-4-2-3-8-20-16)5-6-15(17)19(25)23(18)11-10-22/h2-6,8,12H,7,9-11H2,1H3. The number of nitrogens with zero attached hydrogens (tertiary/aromatic N) is 4. The molecule has 6 heteroatoms. The largest absolute Gasteiger partial charge is 0.341 e. The van der Waals surface area contributed by atoms with E-state index >= 15 is 0 Å². The number of hydrogen-bond acceptors (Lipinski definition) is 4. The second kappa shape index (κ2) is 6.12. The SMILES string of the molecule is CC(=O)N1CCc2nc3cc(-c4ccccn4)ccc3c(=O)n2CC1. The number of fused-ring (bicyclic) bond motifs is 2. The third kappa shape index (κ3) is 2.80. The molecule has 1 aromatic carbocycles. The Balaban J connectivity index is 1.82. The number of rotatable bonds is 1. The number of benzene rings is 1. The summed E-state index contributed by atoms with van der Waals surface area (Å²) in [4.78, 5) is 35.3. The van der Waals surface area contributed by atoms with Gasteiger partial charge in [0.25, 0.3) is 5.56 Å². The summed E-state index contributed by atoms with van der Waals surface area (Å²) in [5, 5.41) is 0.597. The zero-order valence-corrected chi connectivity index (χ0v) is 14.0. The molecular formula is C19H18N4O2. The first-order valence-corrected chi connectivity index (χ1v) is 8.34. The Hall–Kier alpha value is -3.02. The van der Waals surface area contributed by atoms with Crippen molar-refractivity contribution < 1.29 is 4.79 Å². The molecule has 0 aliphatic carbocycles. The maximum Gasteiger partial charge on any atom is 0.261 e. The molecule has 2 aromatic heterocycles. The average Bonchev–Trinajstić information content (AvgIpc) is 2.85. The van der Waals surface area contributed by atoms with Gasteiger partial charge in [0.15, 0.2) is 0 Å². The van der Waals surface area contributed by atoms with E-state index in [0.29, 0.717) is 37.0 Å². The topological polar surface area (TPSA) is 68.1 Å². The molecule has 0 saturated heterocycles. The third-order valence-electron chi connectivity index (χ3n) is 4.64. The van der Waals surface area contributed by atoms with Crippen molar-refractivity contribution in [3.63, 3.8) is 0 Å². The first kappa shape index (κ1) is 15.5. The van der Waals surface area contributed by atoms with Gasteiger partial charge in [0, 0.05) is 44.7 Å². The van der Waals surface area contributed by atoms with Crippen molar-refractivity contribution in [3.05, 3.63) is 58.8 Å². The van der Waals surface area contributed by atoms with Crippen molar-refractivity contribution >= 4 is 16.8 Å². The Morgan fingerprint density at radius 1 is 1.12 bits per heavy atom. The fourth-order valence-corrected chi connectivity index (χ4v) is 3.26. The smallest absolute Gasteiger partial charge is 0.261 e. The second-order valence-electron chi connectivity index (χ2n) is 6.19. The summed E-state index contributed by atoms with van der Waals surface area (Å²) < 4.78 is 1.70. The first-order chi connectivity index (χ1) is 12.1. The van der Waals surface area contributed by atoms with Crippen LogP contribution in [-0.4, -0.2) is 38.4 Å². The normalized spacial score (nSPS) is 14.2. The fourth-order valence-electron chi connectivity index (χ4n) is 3.26. The van der Waals surface area contributed by atoms with Crippen LogP contribution in [0.25, 0.3) is 22.2 Å². The monoisotopic (exact) mass is 334 g/mol. The zero-order valence-electron chi connectivity index (χ0n) is 14.0. The van der Waals surface area contributed by atoms with Gasteiger partial charge in [-0.1, -0.05) is 12.1 Å². The summed E-state index contributed by atoms with van der Waals surface area (Å²) in [7, 11) is 0. The van der Waals surface area contributed by atoms with Crippen LogP contribution in [0, 0.1) is 0 Å². The van der Waals surface area contributed by atoms with Gasteiger partial charge in [0.1, 0.15) is 5.82 Å². The van der Waals surface area contributed by atoms with Gasteiger partial charge in [0.05, 0.1) is 16.6 Å². The Bertz CT molecular complexity index is 1010. The molecule has 1 aliphatic rings. The lowest BCUT2D eigenvalue weighted by Gasteiger charge is -2.16. The van der Waals surface area contributed by atoms with E-state index in [0.717, 1.165) is 17.1 Å². The summed E-state index contributed by atoms with van der Waals surface area (Å²) in [6.07, 6.45) is 2.33. The van der Waals surface area contributed by atoms with Crippen LogP contribution in [0.2, 0.25) is 0 Å². The van der Waals surface area contributed by atoms with Crippen molar-refractivity contribution in [1.82, 2.24) is 19.4 Å². The van der Waals surface area contributed by atoms with E-state index in [9.17, 15) is 9.59 Å². The van der Waals surface area contributed by atoms with Gasteiger partial charge in [-0.05, 0) is 24.3 Å². The van der Waals surface area contributed by atoms with Crippen molar-refractivity contribution in [2.24, 2.45) is 0 Å². The van der Waals surface area contributed by atoms with Gasteiger partial charge < -0.3 is 4.90 Å². The highest BCUT2D eigenvalue weighted by Gasteiger charge is 2.19. The predicted octanol–water partition coefficient (Wildman–Crippen LogP) is 1.86. The van der Waals surface area contributed by atoms with Crippen LogP contribution in [0.3, 0.4) is 0 Å². The van der Waals surface area contributed by atoms with E-state index in [4.69, 9.17) is 4.98 Å². The Labute approximate surface area is 144 Å². The third-order valence-corrected chi connectivity index (χ3v) is 4.64. The van der Waals surface area contributed by atoms with Gasteiger partial charge in [-0.25, -0.2) is 4.98 Å². The first-order valence-electron chi connectivity index (χ1n) is 8.34. The highest BCUT2D eigenvalue weighted by atomic mass is 16.2. The predicted molar refractivity (Wildman–Crippen MR) is 95.2 cm³/mol. The van der Waals surface area contributed by atoms with Crippen LogP contribution in [-0.2, 0) is 17.8 Å². The van der Waals surface area contributed by atoms with Crippen molar-refractivity contribution in [1.29, 1.82) is 0 Å². The molecule has 126 valence electrons. The molecule has 0 saturated carbocycles. The molecule has 6 nitrogen and oxygen atoms in total. The maximum absolute atomic E-state index is 12.9. The molecule has 1 aliphatic heterocycles. The molecule has 0 unspecified atom stereocenters. The van der Waals surface area contributed by atoms with Crippen LogP contribution < -0.4 is 5.56 Å². The van der Waals surface area contributed by atoms with E-state index in [2.05, 4.69) is 4.98 Å². The number of carbonyl (C=O) groups excluding carboxylic acids is 1. The maximum atomic E-state index is 12.9. The van der Waals surface area contributed by atoms with Crippen LogP contribution in [0.1, 0.15) is 12.7 Å². The Morgan fingerprint density at radius 2 is 2.00 bits per heavy atom. The number of hydrogen-bond donors (Lipinski definition) is 0. The van der Waals surface area contributed by atoms with Gasteiger partial charge in [-0.2, -0.15) is 0 Å². The molecule has 0 radical (unpaired) electrons. The lowest BCUT2D eigenvalue weighted by Crippen LogP contribution is -2.32. The average molecular weight is 334 g/mol. The molecule has 0 bridgehead atoms. The van der Waals surface area contributed by atoms with E-state index < -0.39 is 0 Å². The van der Waals surface area contributed by atoms with Gasteiger partial charge in [-0.3, -0.25) is 19.1 Å². The van der Waals surface area contributed by atoms with E-state index in [1.54, 1.807) is 22.6 Å². The Kier molecular flexibility index (Phi) is 3.80. The molecule has 3 heterocycles. The molecule has 4 rings (SSSR count). The molecule has 0 N–H and O–H groups in total. The number of pyridine rings is 1. The van der Waals surface area contributed by atoms with Crippen LogP contribution in [0.15, 0.2) is 47.4 Å². The molecule has 0 atom stereocenters. The molecule has 0 fully saturated rings. The van der Waals surface area contributed by atoms with E-state index in [1.807, 2.05) is 36.4 Å². The highest BCUT2D eigenvalue weighted by Crippen LogP contribution is 2.21. The number of aromatic nitrogens is 3. The summed E-state index contributed by atoms with van der Waals surface area (Å²) in [5.74, 6) is 0.766. The van der Waals surface area contributed by atoms with Crippen molar-refractivity contribution in [2.75, 3.05) is 13.1 Å². The zero-order chi connectivity index (χ0) is 17.4. The quantitative estimate of drug-likeness (QED) is 0.681. The van der Waals surface area contributed by atoms with Crippen LogP contribution in [0.5, 0.6) is 0 Å².